The van der Waals surface area contributed by atoms with Crippen LogP contribution in [0.2, 0.25) is 0 Å². The molecule has 1 aliphatic carbocycles. The largest absolute Gasteiger partial charge is 0.525 e. The summed E-state index contributed by atoms with van der Waals surface area (Å²) in [6.45, 7) is 9.73. The number of hydrogen-bond donors (Lipinski definition) is 0. The molecular formula is C18H26BFN4O3. The lowest BCUT2D eigenvalue weighted by atomic mass is 9.87. The molecule has 1 aromatic heterocycles. The Morgan fingerprint density at radius 2 is 1.93 bits per heavy atom. The van der Waals surface area contributed by atoms with Crippen molar-refractivity contribution in [2.75, 3.05) is 13.1 Å². The molecule has 9 heteroatoms. The third-order valence-electron chi connectivity index (χ3n) is 5.96. The van der Waals surface area contributed by atoms with Gasteiger partial charge in [0.15, 0.2) is 0 Å². The molecule has 0 aromatic carbocycles. The molecule has 27 heavy (non-hydrogen) atoms. The number of carbonyl (C=O) groups is 1. The molecule has 3 aliphatic rings. The lowest BCUT2D eigenvalue weighted by Crippen LogP contribution is -2.52. The monoisotopic (exact) mass is 376 g/mol. The first-order valence-corrected chi connectivity index (χ1v) is 9.56. The van der Waals surface area contributed by atoms with Crippen molar-refractivity contribution in [3.8, 4) is 0 Å². The zero-order valence-corrected chi connectivity index (χ0v) is 16.3. The summed E-state index contributed by atoms with van der Waals surface area (Å²) in [6, 6.07) is 0. The Morgan fingerprint density at radius 3 is 2.52 bits per heavy atom. The highest BCUT2D eigenvalue weighted by Gasteiger charge is 2.53. The Morgan fingerprint density at radius 1 is 1.30 bits per heavy atom. The minimum Gasteiger partial charge on any atom is -0.398 e. The summed E-state index contributed by atoms with van der Waals surface area (Å²) in [7, 11) is -1.03. The van der Waals surface area contributed by atoms with Crippen molar-refractivity contribution in [2.24, 2.45) is 11.8 Å². The number of amides is 1. The van der Waals surface area contributed by atoms with E-state index in [0.717, 1.165) is 25.9 Å². The van der Waals surface area contributed by atoms with Gasteiger partial charge in [0.1, 0.15) is 11.4 Å². The van der Waals surface area contributed by atoms with Crippen LogP contribution in [0, 0.1) is 11.8 Å². The molecule has 0 N–H and O–H groups in total. The molecule has 1 amide bonds. The molecule has 0 atom stereocenters. The van der Waals surface area contributed by atoms with Gasteiger partial charge >= 0.3 is 7.12 Å². The van der Waals surface area contributed by atoms with Crippen molar-refractivity contribution < 1.29 is 18.5 Å². The van der Waals surface area contributed by atoms with Crippen molar-refractivity contribution in [3.63, 3.8) is 0 Å². The van der Waals surface area contributed by atoms with Gasteiger partial charge in [0.05, 0.1) is 17.4 Å². The van der Waals surface area contributed by atoms with Crippen LogP contribution in [0.4, 0.5) is 4.39 Å². The van der Waals surface area contributed by atoms with Gasteiger partial charge in [-0.2, -0.15) is 0 Å². The van der Waals surface area contributed by atoms with E-state index in [1.807, 2.05) is 32.6 Å². The van der Waals surface area contributed by atoms with Gasteiger partial charge in [-0.3, -0.25) is 9.48 Å². The topological polar surface area (TPSA) is 69.5 Å². The highest BCUT2D eigenvalue weighted by atomic mass is 19.1. The third kappa shape index (κ3) is 3.67. The SMILES string of the molecule is CC1(C)OB(C(F)=Cc2cn(CC3CN(C(=O)C4CC4)C3)nn2)OC1(C)C. The van der Waals surface area contributed by atoms with Gasteiger partial charge in [0.25, 0.3) is 0 Å². The van der Waals surface area contributed by atoms with Gasteiger partial charge in [0, 0.05) is 31.5 Å². The Balaban J connectivity index is 1.32. The maximum Gasteiger partial charge on any atom is 0.525 e. The second-order valence-corrected chi connectivity index (χ2v) is 8.87. The highest BCUT2D eigenvalue weighted by Crippen LogP contribution is 2.39. The summed E-state index contributed by atoms with van der Waals surface area (Å²) in [6.07, 6.45) is 5.08. The Bertz CT molecular complexity index is 752. The van der Waals surface area contributed by atoms with Gasteiger partial charge in [-0.25, -0.2) is 4.39 Å². The molecule has 1 saturated carbocycles. The van der Waals surface area contributed by atoms with Crippen LogP contribution in [0.5, 0.6) is 0 Å². The molecule has 3 fully saturated rings. The quantitative estimate of drug-likeness (QED) is 0.736. The second kappa shape index (κ2) is 6.41. The van der Waals surface area contributed by atoms with Crippen molar-refractivity contribution in [2.45, 2.75) is 58.3 Å². The summed E-state index contributed by atoms with van der Waals surface area (Å²) in [5, 5.41) is 8.07. The van der Waals surface area contributed by atoms with Gasteiger partial charge in [-0.1, -0.05) is 5.21 Å². The normalized spacial score (nSPS) is 25.0. The number of halogens is 1. The van der Waals surface area contributed by atoms with E-state index in [0.29, 0.717) is 18.2 Å². The van der Waals surface area contributed by atoms with Crippen LogP contribution in [-0.4, -0.2) is 57.2 Å². The molecule has 2 aliphatic heterocycles. The molecule has 0 spiro atoms. The van der Waals surface area contributed by atoms with Gasteiger partial charge in [-0.05, 0) is 46.6 Å². The molecule has 0 bridgehead atoms. The Hall–Kier alpha value is -1.74. The third-order valence-corrected chi connectivity index (χ3v) is 5.96. The predicted octanol–water partition coefficient (Wildman–Crippen LogP) is 2.09. The molecule has 2 saturated heterocycles. The van der Waals surface area contributed by atoms with E-state index in [1.54, 1.807) is 10.9 Å². The van der Waals surface area contributed by atoms with E-state index in [2.05, 4.69) is 10.3 Å². The molecular weight excluding hydrogens is 350 g/mol. The summed E-state index contributed by atoms with van der Waals surface area (Å²) < 4.78 is 27.6. The van der Waals surface area contributed by atoms with Crippen LogP contribution in [0.1, 0.15) is 46.2 Å². The number of nitrogens with zero attached hydrogens (tertiary/aromatic N) is 4. The van der Waals surface area contributed by atoms with Crippen molar-refractivity contribution >= 4 is 19.1 Å². The minimum atomic E-state index is -1.03. The van der Waals surface area contributed by atoms with Crippen LogP contribution >= 0.6 is 0 Å². The second-order valence-electron chi connectivity index (χ2n) is 8.87. The number of carbonyl (C=O) groups excluding carboxylic acids is 1. The number of rotatable bonds is 5. The molecule has 4 rings (SSSR count). The van der Waals surface area contributed by atoms with Crippen molar-refractivity contribution in [1.82, 2.24) is 19.9 Å². The Kier molecular flexibility index (Phi) is 4.42. The molecule has 7 nitrogen and oxygen atoms in total. The zero-order chi connectivity index (χ0) is 19.4. The first-order valence-electron chi connectivity index (χ1n) is 9.56. The number of likely N-dealkylation sites (tertiary alicyclic amines) is 1. The van der Waals surface area contributed by atoms with E-state index >= 15 is 0 Å². The first kappa shape index (κ1) is 18.6. The molecule has 1 aromatic rings. The van der Waals surface area contributed by atoms with E-state index in [4.69, 9.17) is 9.31 Å². The Labute approximate surface area is 159 Å². The van der Waals surface area contributed by atoms with E-state index in [-0.39, 0.29) is 11.8 Å². The summed E-state index contributed by atoms with van der Waals surface area (Å²) >= 11 is 0. The van der Waals surface area contributed by atoms with Gasteiger partial charge < -0.3 is 14.2 Å². The van der Waals surface area contributed by atoms with Crippen LogP contribution in [-0.2, 0) is 20.6 Å². The lowest BCUT2D eigenvalue weighted by molar-refractivity contribution is -0.139. The maximum atomic E-state index is 14.5. The smallest absolute Gasteiger partial charge is 0.398 e. The van der Waals surface area contributed by atoms with Crippen LogP contribution < -0.4 is 0 Å². The maximum absolute atomic E-state index is 14.5. The summed E-state index contributed by atoms with van der Waals surface area (Å²) in [5.41, 5.74) is -1.28. The molecule has 0 unspecified atom stereocenters. The molecule has 146 valence electrons. The predicted molar refractivity (Wildman–Crippen MR) is 98.0 cm³/mol. The minimum absolute atomic E-state index is 0.270. The fourth-order valence-electron chi connectivity index (χ4n) is 3.35. The van der Waals surface area contributed by atoms with Crippen LogP contribution in [0.3, 0.4) is 0 Å². The fraction of sp³-hybridized carbons (Fsp3) is 0.722. The average Bonchev–Trinajstić information content (AvgIpc) is 3.25. The van der Waals surface area contributed by atoms with E-state index < -0.39 is 24.0 Å². The average molecular weight is 376 g/mol. The van der Waals surface area contributed by atoms with Crippen LogP contribution in [0.25, 0.3) is 6.08 Å². The van der Waals surface area contributed by atoms with Crippen molar-refractivity contribution in [3.05, 3.63) is 17.6 Å². The van der Waals surface area contributed by atoms with Gasteiger partial charge in [0.2, 0.25) is 5.91 Å². The standard InChI is InChI=1S/C18H26BFN4O3/c1-17(2)18(3,4)27-19(26-17)15(20)7-14-11-24(22-21-14)10-12-8-23(9-12)16(25)13-5-6-13/h7,11-13H,5-6,8-10H2,1-4H3. The summed E-state index contributed by atoms with van der Waals surface area (Å²) in [4.78, 5) is 13.9. The number of hydrogen-bond acceptors (Lipinski definition) is 5. The van der Waals surface area contributed by atoms with Gasteiger partial charge in [-0.15, -0.1) is 5.10 Å². The van der Waals surface area contributed by atoms with Crippen LogP contribution in [0.15, 0.2) is 11.9 Å². The zero-order valence-electron chi connectivity index (χ0n) is 16.3. The van der Waals surface area contributed by atoms with Crippen molar-refractivity contribution in [1.29, 1.82) is 0 Å². The molecule has 0 radical (unpaired) electrons. The van der Waals surface area contributed by atoms with E-state index in [9.17, 15) is 9.18 Å². The number of aromatic nitrogens is 3. The first-order chi connectivity index (χ1) is 12.6. The molecule has 3 heterocycles. The van der Waals surface area contributed by atoms with E-state index in [1.165, 1.54) is 6.08 Å². The summed E-state index contributed by atoms with van der Waals surface area (Å²) in [5.74, 6) is 0.934. The lowest BCUT2D eigenvalue weighted by Gasteiger charge is -2.39. The highest BCUT2D eigenvalue weighted by molar-refractivity contribution is 6.54. The fourth-order valence-corrected chi connectivity index (χ4v) is 3.35.